The van der Waals surface area contributed by atoms with Crippen molar-refractivity contribution >= 4 is 41.5 Å². The van der Waals surface area contributed by atoms with E-state index < -0.39 is 0 Å². The van der Waals surface area contributed by atoms with E-state index in [9.17, 15) is 4.79 Å². The van der Waals surface area contributed by atoms with Gasteiger partial charge in [-0.3, -0.25) is 4.79 Å². The molecule has 1 saturated heterocycles. The van der Waals surface area contributed by atoms with Gasteiger partial charge < -0.3 is 15.0 Å². The van der Waals surface area contributed by atoms with E-state index in [2.05, 4.69) is 5.32 Å². The molecule has 0 spiro atoms. The predicted molar refractivity (Wildman–Crippen MR) is 87.9 cm³/mol. The Morgan fingerprint density at radius 2 is 2.05 bits per heavy atom. The standard InChI is InChI=1S/C14H18Cl2N2O2.ClH/c1-18(11-4-6-17-7-5-11)14(19)9-20-13-8-10(15)2-3-12(13)16;/h2-3,8,11,17H,4-7,9H2,1H3;1H. The fourth-order valence-corrected chi connectivity index (χ4v) is 2.56. The summed E-state index contributed by atoms with van der Waals surface area (Å²) in [7, 11) is 1.82. The van der Waals surface area contributed by atoms with Gasteiger partial charge in [-0.2, -0.15) is 0 Å². The summed E-state index contributed by atoms with van der Waals surface area (Å²) in [4.78, 5) is 13.9. The van der Waals surface area contributed by atoms with Crippen LogP contribution in [0.3, 0.4) is 0 Å². The molecule has 0 radical (unpaired) electrons. The molecule has 0 aromatic heterocycles. The van der Waals surface area contributed by atoms with Gasteiger partial charge in [-0.25, -0.2) is 0 Å². The number of ether oxygens (including phenoxy) is 1. The van der Waals surface area contributed by atoms with E-state index in [-0.39, 0.29) is 31.0 Å². The highest BCUT2D eigenvalue weighted by atomic mass is 35.5. The molecule has 21 heavy (non-hydrogen) atoms. The van der Waals surface area contributed by atoms with Crippen LogP contribution in [0.5, 0.6) is 5.75 Å². The van der Waals surface area contributed by atoms with Gasteiger partial charge in [0, 0.05) is 24.2 Å². The third kappa shape index (κ3) is 5.22. The van der Waals surface area contributed by atoms with Gasteiger partial charge in [-0.1, -0.05) is 23.2 Å². The Bertz CT molecular complexity index is 479. The lowest BCUT2D eigenvalue weighted by Gasteiger charge is -2.31. The minimum absolute atomic E-state index is 0. The lowest BCUT2D eigenvalue weighted by molar-refractivity contribution is -0.134. The molecular weight excluding hydrogens is 335 g/mol. The molecule has 0 bridgehead atoms. The average molecular weight is 354 g/mol. The highest BCUT2D eigenvalue weighted by molar-refractivity contribution is 6.34. The number of hydrogen-bond acceptors (Lipinski definition) is 3. The van der Waals surface area contributed by atoms with Crippen molar-refractivity contribution < 1.29 is 9.53 Å². The molecule has 0 saturated carbocycles. The molecule has 1 aromatic rings. The van der Waals surface area contributed by atoms with Gasteiger partial charge in [-0.05, 0) is 38.1 Å². The Morgan fingerprint density at radius 3 is 2.71 bits per heavy atom. The van der Waals surface area contributed by atoms with Gasteiger partial charge in [-0.15, -0.1) is 12.4 Å². The van der Waals surface area contributed by atoms with Crippen LogP contribution < -0.4 is 10.1 Å². The molecule has 4 nitrogen and oxygen atoms in total. The topological polar surface area (TPSA) is 41.6 Å². The SMILES string of the molecule is CN(C(=O)COc1cc(Cl)ccc1Cl)C1CCNCC1.Cl. The zero-order valence-electron chi connectivity index (χ0n) is 11.8. The van der Waals surface area contributed by atoms with Crippen LogP contribution in [0, 0.1) is 0 Å². The van der Waals surface area contributed by atoms with Gasteiger partial charge in [0.15, 0.2) is 6.61 Å². The number of likely N-dealkylation sites (N-methyl/N-ethyl adjacent to an activating group) is 1. The Hall–Kier alpha value is -0.680. The van der Waals surface area contributed by atoms with E-state index in [0.29, 0.717) is 15.8 Å². The van der Waals surface area contributed by atoms with Crippen LogP contribution in [0.1, 0.15) is 12.8 Å². The number of nitrogens with zero attached hydrogens (tertiary/aromatic N) is 1. The third-order valence-electron chi connectivity index (χ3n) is 3.49. The highest BCUT2D eigenvalue weighted by Crippen LogP contribution is 2.27. The fraction of sp³-hybridized carbons (Fsp3) is 0.500. The van der Waals surface area contributed by atoms with Crippen LogP contribution in [-0.2, 0) is 4.79 Å². The highest BCUT2D eigenvalue weighted by Gasteiger charge is 2.22. The van der Waals surface area contributed by atoms with E-state index in [1.165, 1.54) is 0 Å². The molecule has 1 fully saturated rings. The summed E-state index contributed by atoms with van der Waals surface area (Å²) in [5.74, 6) is 0.388. The maximum absolute atomic E-state index is 12.1. The molecule has 0 aliphatic carbocycles. The van der Waals surface area contributed by atoms with E-state index in [1.54, 1.807) is 23.1 Å². The zero-order valence-corrected chi connectivity index (χ0v) is 14.1. The molecule has 7 heteroatoms. The summed E-state index contributed by atoms with van der Waals surface area (Å²) in [5.41, 5.74) is 0. The average Bonchev–Trinajstić information content (AvgIpc) is 2.48. The maximum atomic E-state index is 12.1. The Morgan fingerprint density at radius 1 is 1.38 bits per heavy atom. The second-order valence-electron chi connectivity index (χ2n) is 4.85. The number of nitrogens with one attached hydrogen (secondary N) is 1. The largest absolute Gasteiger partial charge is 0.482 e. The number of piperidine rings is 1. The zero-order chi connectivity index (χ0) is 14.5. The van der Waals surface area contributed by atoms with Crippen LogP contribution >= 0.6 is 35.6 Å². The van der Waals surface area contributed by atoms with Crippen molar-refractivity contribution in [2.45, 2.75) is 18.9 Å². The van der Waals surface area contributed by atoms with Crippen molar-refractivity contribution in [3.8, 4) is 5.75 Å². The molecule has 118 valence electrons. The van der Waals surface area contributed by atoms with E-state index in [4.69, 9.17) is 27.9 Å². The summed E-state index contributed by atoms with van der Waals surface area (Å²) < 4.78 is 5.47. The Kier molecular flexibility index (Phi) is 7.60. The smallest absolute Gasteiger partial charge is 0.260 e. The van der Waals surface area contributed by atoms with Gasteiger partial charge in [0.1, 0.15) is 5.75 Å². The van der Waals surface area contributed by atoms with Crippen molar-refractivity contribution in [2.24, 2.45) is 0 Å². The second kappa shape index (κ2) is 8.69. The second-order valence-corrected chi connectivity index (χ2v) is 5.69. The number of amides is 1. The minimum Gasteiger partial charge on any atom is -0.482 e. The van der Waals surface area contributed by atoms with Crippen LogP contribution in [0.2, 0.25) is 10.0 Å². The minimum atomic E-state index is -0.0482. The lowest BCUT2D eigenvalue weighted by Crippen LogP contribution is -2.45. The number of carbonyl (C=O) groups excluding carboxylic acids is 1. The first-order valence-electron chi connectivity index (χ1n) is 6.62. The van der Waals surface area contributed by atoms with Gasteiger partial charge in [0.2, 0.25) is 0 Å². The summed E-state index contributed by atoms with van der Waals surface area (Å²) in [6.07, 6.45) is 1.94. The molecule has 0 unspecified atom stereocenters. The van der Waals surface area contributed by atoms with Gasteiger partial charge in [0.05, 0.1) is 5.02 Å². The summed E-state index contributed by atoms with van der Waals surface area (Å²) >= 11 is 11.9. The van der Waals surface area contributed by atoms with Crippen LogP contribution in [0.15, 0.2) is 18.2 Å². The molecule has 1 aliphatic rings. The molecule has 2 rings (SSSR count). The molecule has 0 atom stereocenters. The van der Waals surface area contributed by atoms with Crippen LogP contribution in [0.4, 0.5) is 0 Å². The molecule has 1 N–H and O–H groups in total. The number of halogens is 3. The Labute approximate surface area is 141 Å². The summed E-state index contributed by atoms with van der Waals surface area (Å²) in [6, 6.07) is 5.23. The van der Waals surface area contributed by atoms with Crippen molar-refractivity contribution in [2.75, 3.05) is 26.7 Å². The van der Waals surface area contributed by atoms with Crippen molar-refractivity contribution in [3.05, 3.63) is 28.2 Å². The molecular formula is C14H19Cl3N2O2. The number of hydrogen-bond donors (Lipinski definition) is 1. The summed E-state index contributed by atoms with van der Waals surface area (Å²) in [5, 5.41) is 4.26. The van der Waals surface area contributed by atoms with Crippen molar-refractivity contribution in [3.63, 3.8) is 0 Å². The predicted octanol–water partition coefficient (Wildman–Crippen LogP) is 3.00. The van der Waals surface area contributed by atoms with Gasteiger partial charge in [0.25, 0.3) is 5.91 Å². The van der Waals surface area contributed by atoms with Gasteiger partial charge >= 0.3 is 0 Å². The fourth-order valence-electron chi connectivity index (χ4n) is 2.23. The normalized spacial score (nSPS) is 15.2. The molecule has 1 amide bonds. The van der Waals surface area contributed by atoms with E-state index >= 15 is 0 Å². The van der Waals surface area contributed by atoms with E-state index in [1.807, 2.05) is 7.05 Å². The van der Waals surface area contributed by atoms with Crippen molar-refractivity contribution in [1.29, 1.82) is 0 Å². The van der Waals surface area contributed by atoms with Crippen LogP contribution in [-0.4, -0.2) is 43.6 Å². The third-order valence-corrected chi connectivity index (χ3v) is 4.04. The molecule has 1 aliphatic heterocycles. The number of rotatable bonds is 4. The Balaban J connectivity index is 0.00000220. The number of carbonyl (C=O) groups is 1. The molecule has 1 aromatic carbocycles. The summed E-state index contributed by atoms with van der Waals surface area (Å²) in [6.45, 7) is 1.87. The molecule has 1 heterocycles. The van der Waals surface area contributed by atoms with Crippen molar-refractivity contribution in [1.82, 2.24) is 10.2 Å². The monoisotopic (exact) mass is 352 g/mol. The first-order chi connectivity index (χ1) is 9.58. The van der Waals surface area contributed by atoms with Crippen LogP contribution in [0.25, 0.3) is 0 Å². The maximum Gasteiger partial charge on any atom is 0.260 e. The number of benzene rings is 1. The lowest BCUT2D eigenvalue weighted by atomic mass is 10.1. The van der Waals surface area contributed by atoms with E-state index in [0.717, 1.165) is 25.9 Å². The first kappa shape index (κ1) is 18.4. The quantitative estimate of drug-likeness (QED) is 0.905. The first-order valence-corrected chi connectivity index (χ1v) is 7.38.